The molecule has 138 valence electrons. The molecule has 0 bridgehead atoms. The average molecular weight is 397 g/mol. The van der Waals surface area contributed by atoms with Crippen LogP contribution >= 0.6 is 23.2 Å². The van der Waals surface area contributed by atoms with E-state index in [-0.39, 0.29) is 17.4 Å². The fourth-order valence-corrected chi connectivity index (χ4v) is 2.66. The van der Waals surface area contributed by atoms with E-state index < -0.39 is 17.2 Å². The van der Waals surface area contributed by atoms with Gasteiger partial charge in [-0.3, -0.25) is 9.59 Å². The van der Waals surface area contributed by atoms with Gasteiger partial charge < -0.3 is 10.6 Å². The monoisotopic (exact) mass is 396 g/mol. The van der Waals surface area contributed by atoms with Crippen molar-refractivity contribution < 1.29 is 14.0 Å². The zero-order chi connectivity index (χ0) is 19.3. The average Bonchev–Trinajstić information content (AvgIpc) is 2.58. The van der Waals surface area contributed by atoms with Gasteiger partial charge in [-0.1, -0.05) is 41.4 Å². The molecule has 4 nitrogen and oxygen atoms in total. The highest BCUT2D eigenvalue weighted by Gasteiger charge is 2.36. The number of carbonyl (C=O) groups is 2. The van der Waals surface area contributed by atoms with E-state index in [1.54, 1.807) is 30.3 Å². The summed E-state index contributed by atoms with van der Waals surface area (Å²) < 4.78 is 13.6. The first-order valence-electron chi connectivity index (χ1n) is 8.00. The van der Waals surface area contributed by atoms with Crippen molar-refractivity contribution in [1.29, 1.82) is 0 Å². The van der Waals surface area contributed by atoms with Crippen molar-refractivity contribution in [3.8, 4) is 0 Å². The Morgan fingerprint density at radius 3 is 2.42 bits per heavy atom. The molecule has 0 atom stereocenters. The van der Waals surface area contributed by atoms with Crippen LogP contribution in [0.5, 0.6) is 0 Å². The van der Waals surface area contributed by atoms with Gasteiger partial charge >= 0.3 is 0 Å². The molecule has 0 fully saturated rings. The number of anilines is 1. The largest absolute Gasteiger partial charge is 0.355 e. The predicted molar refractivity (Wildman–Crippen MR) is 102 cm³/mol. The Kier molecular flexibility index (Phi) is 6.62. The fourth-order valence-electron chi connectivity index (χ4n) is 2.21. The standard InChI is InChI=1S/C19H19Cl2FN2O2/c1-19(2,18(26)24-16-8-7-13(20)11-14(16)21)17(25)23-10-9-12-5-3-4-6-15(12)22/h3-8,11H,9-10H2,1-2H3,(H,23,25)(H,24,26). The lowest BCUT2D eigenvalue weighted by Gasteiger charge is -2.23. The quantitative estimate of drug-likeness (QED) is 0.708. The summed E-state index contributed by atoms with van der Waals surface area (Å²) in [5.41, 5.74) is -0.464. The van der Waals surface area contributed by atoms with Crippen LogP contribution in [-0.2, 0) is 16.0 Å². The smallest absolute Gasteiger partial charge is 0.239 e. The van der Waals surface area contributed by atoms with Gasteiger partial charge in [0, 0.05) is 11.6 Å². The van der Waals surface area contributed by atoms with Crippen molar-refractivity contribution in [3.05, 3.63) is 63.9 Å². The Bertz CT molecular complexity index is 825. The third-order valence-electron chi connectivity index (χ3n) is 3.95. The summed E-state index contributed by atoms with van der Waals surface area (Å²) >= 11 is 11.9. The van der Waals surface area contributed by atoms with Gasteiger partial charge in [0.25, 0.3) is 0 Å². The second kappa shape index (κ2) is 8.52. The van der Waals surface area contributed by atoms with Crippen LogP contribution in [-0.4, -0.2) is 18.4 Å². The second-order valence-corrected chi connectivity index (χ2v) is 7.14. The van der Waals surface area contributed by atoms with E-state index in [0.29, 0.717) is 22.7 Å². The van der Waals surface area contributed by atoms with E-state index in [2.05, 4.69) is 10.6 Å². The maximum atomic E-state index is 13.6. The molecule has 7 heteroatoms. The number of carbonyl (C=O) groups excluding carboxylic acids is 2. The molecule has 0 radical (unpaired) electrons. The van der Waals surface area contributed by atoms with E-state index in [4.69, 9.17) is 23.2 Å². The molecule has 2 aromatic rings. The molecule has 0 saturated carbocycles. The Labute approximate surface area is 161 Å². The van der Waals surface area contributed by atoms with Crippen LogP contribution in [0.3, 0.4) is 0 Å². The van der Waals surface area contributed by atoms with E-state index >= 15 is 0 Å². The molecule has 0 aliphatic rings. The third kappa shape index (κ3) is 4.96. The number of nitrogens with one attached hydrogen (secondary N) is 2. The van der Waals surface area contributed by atoms with Gasteiger partial charge in [-0.15, -0.1) is 0 Å². The third-order valence-corrected chi connectivity index (χ3v) is 4.50. The normalized spacial score (nSPS) is 11.1. The summed E-state index contributed by atoms with van der Waals surface area (Å²) in [6.45, 7) is 3.23. The first kappa shape index (κ1) is 20.2. The summed E-state index contributed by atoms with van der Waals surface area (Å²) in [5.74, 6) is -1.29. The van der Waals surface area contributed by atoms with Crippen molar-refractivity contribution >= 4 is 40.7 Å². The van der Waals surface area contributed by atoms with Gasteiger partial charge in [-0.25, -0.2) is 4.39 Å². The van der Waals surface area contributed by atoms with Crippen LogP contribution in [0, 0.1) is 11.2 Å². The molecule has 2 amide bonds. The molecule has 2 aromatic carbocycles. The molecular formula is C19H19Cl2FN2O2. The van der Waals surface area contributed by atoms with Gasteiger partial charge in [-0.2, -0.15) is 0 Å². The Morgan fingerprint density at radius 1 is 1.08 bits per heavy atom. The second-order valence-electron chi connectivity index (χ2n) is 6.30. The Balaban J connectivity index is 1.95. The van der Waals surface area contributed by atoms with Crippen LogP contribution in [0.15, 0.2) is 42.5 Å². The molecule has 0 spiro atoms. The summed E-state index contributed by atoms with van der Waals surface area (Å²) in [6.07, 6.45) is 0.332. The molecule has 2 rings (SSSR count). The molecule has 0 aliphatic carbocycles. The van der Waals surface area contributed by atoms with Crippen LogP contribution in [0.2, 0.25) is 10.0 Å². The molecule has 2 N–H and O–H groups in total. The number of benzene rings is 2. The SMILES string of the molecule is CC(C)(C(=O)NCCc1ccccc1F)C(=O)Nc1ccc(Cl)cc1Cl. The molecule has 0 aliphatic heterocycles. The molecular weight excluding hydrogens is 378 g/mol. The predicted octanol–water partition coefficient (Wildman–Crippen LogP) is 4.46. The summed E-state index contributed by atoms with van der Waals surface area (Å²) in [5, 5.41) is 6.02. The van der Waals surface area contributed by atoms with Crippen molar-refractivity contribution in [2.75, 3.05) is 11.9 Å². The Hall–Kier alpha value is -2.11. The first-order chi connectivity index (χ1) is 12.2. The summed E-state index contributed by atoms with van der Waals surface area (Å²) in [6, 6.07) is 11.0. The van der Waals surface area contributed by atoms with Gasteiger partial charge in [-0.05, 0) is 50.1 Å². The molecule has 0 unspecified atom stereocenters. The fraction of sp³-hybridized carbons (Fsp3) is 0.263. The van der Waals surface area contributed by atoms with Gasteiger partial charge in [0.2, 0.25) is 11.8 Å². The van der Waals surface area contributed by atoms with Crippen LogP contribution in [0.4, 0.5) is 10.1 Å². The number of hydrogen-bond donors (Lipinski definition) is 2. The minimum absolute atomic E-state index is 0.220. The zero-order valence-electron chi connectivity index (χ0n) is 14.4. The lowest BCUT2D eigenvalue weighted by atomic mass is 9.91. The molecule has 26 heavy (non-hydrogen) atoms. The van der Waals surface area contributed by atoms with Gasteiger partial charge in [0.05, 0.1) is 10.7 Å². The minimum Gasteiger partial charge on any atom is -0.355 e. The molecule has 0 heterocycles. The van der Waals surface area contributed by atoms with Crippen molar-refractivity contribution in [2.45, 2.75) is 20.3 Å². The first-order valence-corrected chi connectivity index (χ1v) is 8.75. The zero-order valence-corrected chi connectivity index (χ0v) is 15.9. The number of amides is 2. The van der Waals surface area contributed by atoms with E-state index in [1.807, 2.05) is 0 Å². The maximum absolute atomic E-state index is 13.6. The highest BCUT2D eigenvalue weighted by atomic mass is 35.5. The van der Waals surface area contributed by atoms with Crippen LogP contribution in [0.1, 0.15) is 19.4 Å². The van der Waals surface area contributed by atoms with Crippen molar-refractivity contribution in [3.63, 3.8) is 0 Å². The lowest BCUT2D eigenvalue weighted by Crippen LogP contribution is -2.45. The molecule has 0 aromatic heterocycles. The Morgan fingerprint density at radius 2 is 1.77 bits per heavy atom. The van der Waals surface area contributed by atoms with Crippen molar-refractivity contribution in [1.82, 2.24) is 5.32 Å². The van der Waals surface area contributed by atoms with Crippen molar-refractivity contribution in [2.24, 2.45) is 5.41 Å². The summed E-state index contributed by atoms with van der Waals surface area (Å²) in [7, 11) is 0. The van der Waals surface area contributed by atoms with E-state index in [9.17, 15) is 14.0 Å². The maximum Gasteiger partial charge on any atom is 0.239 e. The molecule has 0 saturated heterocycles. The highest BCUT2D eigenvalue weighted by molar-refractivity contribution is 6.36. The number of hydrogen-bond acceptors (Lipinski definition) is 2. The van der Waals surface area contributed by atoms with Gasteiger partial charge in [0.15, 0.2) is 0 Å². The summed E-state index contributed by atoms with van der Waals surface area (Å²) in [4.78, 5) is 24.9. The number of rotatable bonds is 6. The minimum atomic E-state index is -1.34. The lowest BCUT2D eigenvalue weighted by molar-refractivity contribution is -0.138. The van der Waals surface area contributed by atoms with E-state index in [0.717, 1.165) is 0 Å². The highest BCUT2D eigenvalue weighted by Crippen LogP contribution is 2.27. The van der Waals surface area contributed by atoms with Gasteiger partial charge in [0.1, 0.15) is 11.2 Å². The van der Waals surface area contributed by atoms with Crippen LogP contribution in [0.25, 0.3) is 0 Å². The number of halogens is 3. The topological polar surface area (TPSA) is 58.2 Å². The van der Waals surface area contributed by atoms with Crippen LogP contribution < -0.4 is 10.6 Å². The van der Waals surface area contributed by atoms with E-state index in [1.165, 1.54) is 26.0 Å².